The normalized spacial score (nSPS) is 11.1. The van der Waals surface area contributed by atoms with E-state index in [2.05, 4.69) is 21.1 Å². The number of hydrogen-bond acceptors (Lipinski definition) is 3. The Morgan fingerprint density at radius 3 is 2.75 bits per heavy atom. The van der Waals surface area contributed by atoms with Gasteiger partial charge in [0.25, 0.3) is 0 Å². The Morgan fingerprint density at radius 2 is 1.93 bits per heavy atom. The molecule has 0 spiro atoms. The summed E-state index contributed by atoms with van der Waals surface area (Å²) in [5.41, 5.74) is 4.59. The van der Waals surface area contributed by atoms with Crippen LogP contribution in [0.5, 0.6) is 5.75 Å². The minimum absolute atomic E-state index is 0.373. The van der Waals surface area contributed by atoms with E-state index in [0.29, 0.717) is 35.3 Å². The topological polar surface area (TPSA) is 50.8 Å². The first-order valence-corrected chi connectivity index (χ1v) is 8.84. The second-order valence-electron chi connectivity index (χ2n) is 6.78. The summed E-state index contributed by atoms with van der Waals surface area (Å²) in [6.45, 7) is 1.97. The predicted molar refractivity (Wildman–Crippen MR) is 102 cm³/mol. The molecule has 0 fully saturated rings. The van der Waals surface area contributed by atoms with Gasteiger partial charge in [-0.05, 0) is 59.9 Å². The van der Waals surface area contributed by atoms with Gasteiger partial charge in [-0.1, -0.05) is 0 Å². The Labute approximate surface area is 161 Å². The summed E-state index contributed by atoms with van der Waals surface area (Å²) in [6.07, 6.45) is 7.07. The van der Waals surface area contributed by atoms with E-state index in [0.717, 1.165) is 22.2 Å². The molecule has 4 rings (SSSR count). The van der Waals surface area contributed by atoms with Crippen molar-refractivity contribution in [2.75, 3.05) is 7.11 Å². The zero-order valence-corrected chi connectivity index (χ0v) is 15.5. The van der Waals surface area contributed by atoms with Gasteiger partial charge in [-0.15, -0.1) is 0 Å². The van der Waals surface area contributed by atoms with E-state index >= 15 is 0 Å². The van der Waals surface area contributed by atoms with Crippen LogP contribution in [0.3, 0.4) is 0 Å². The second-order valence-corrected chi connectivity index (χ2v) is 6.78. The van der Waals surface area contributed by atoms with Crippen LogP contribution in [0.4, 0.5) is 8.78 Å². The summed E-state index contributed by atoms with van der Waals surface area (Å²) in [5, 5.41) is 0.962. The lowest BCUT2D eigenvalue weighted by Crippen LogP contribution is -2.00. The molecule has 4 aromatic rings. The molecule has 1 N–H and O–H groups in total. The monoisotopic (exact) mass is 378 g/mol. The molecular weight excluding hydrogens is 360 g/mol. The number of fused-ring (bicyclic) bond motifs is 1. The summed E-state index contributed by atoms with van der Waals surface area (Å²) in [4.78, 5) is 11.2. The Morgan fingerprint density at radius 1 is 1.07 bits per heavy atom. The number of nitrogens with one attached hydrogen (secondary N) is 1. The molecule has 4 nitrogen and oxygen atoms in total. The molecule has 28 heavy (non-hydrogen) atoms. The number of methoxy groups -OCH3 is 1. The van der Waals surface area contributed by atoms with Crippen molar-refractivity contribution in [1.29, 1.82) is 0 Å². The maximum Gasteiger partial charge on any atom is 0.217 e. The van der Waals surface area contributed by atoms with Gasteiger partial charge in [0.1, 0.15) is 17.2 Å². The lowest BCUT2D eigenvalue weighted by atomic mass is 10.0. The largest absolute Gasteiger partial charge is 0.497 e. The predicted octanol–water partition coefficient (Wildman–Crippen LogP) is 4.53. The van der Waals surface area contributed by atoms with E-state index in [1.807, 2.05) is 19.2 Å². The van der Waals surface area contributed by atoms with E-state index in [1.54, 1.807) is 18.3 Å². The standard InChI is InChI=1S/C22H18F2N3O/c1-13-3-20-17(12-27-22(20)26-10-13)8-16-5-15(11-25-21(16)24)4-14-6-18(23)9-19(7-14)28-2/h3,5-7,9-10,12H,4,8H2,1-2H3,(H,26,27). The van der Waals surface area contributed by atoms with Crippen molar-refractivity contribution in [1.82, 2.24) is 15.0 Å². The van der Waals surface area contributed by atoms with Gasteiger partial charge in [-0.3, -0.25) is 0 Å². The molecule has 3 aromatic heterocycles. The van der Waals surface area contributed by atoms with Crippen molar-refractivity contribution in [3.63, 3.8) is 0 Å². The first-order valence-electron chi connectivity index (χ1n) is 8.84. The molecule has 6 heteroatoms. The SMILES string of the molecule is COc1cc(F)cc(Cc2[c]nc(F)c(Cc3c[nH]c4ncc(C)cc34)c2)c1. The summed E-state index contributed by atoms with van der Waals surface area (Å²) < 4.78 is 33.1. The molecule has 1 radical (unpaired) electrons. The van der Waals surface area contributed by atoms with Crippen molar-refractivity contribution in [2.24, 2.45) is 0 Å². The van der Waals surface area contributed by atoms with Gasteiger partial charge in [-0.25, -0.2) is 14.4 Å². The highest BCUT2D eigenvalue weighted by atomic mass is 19.1. The number of aromatic amines is 1. The Hall–Kier alpha value is -3.28. The van der Waals surface area contributed by atoms with Gasteiger partial charge in [0.2, 0.25) is 5.95 Å². The smallest absolute Gasteiger partial charge is 0.217 e. The fourth-order valence-corrected chi connectivity index (χ4v) is 3.28. The van der Waals surface area contributed by atoms with Crippen LogP contribution in [0, 0.1) is 24.9 Å². The lowest BCUT2D eigenvalue weighted by molar-refractivity contribution is 0.410. The first-order chi connectivity index (χ1) is 13.5. The van der Waals surface area contributed by atoms with Crippen molar-refractivity contribution in [3.05, 3.63) is 88.5 Å². The fraction of sp³-hybridized carbons (Fsp3) is 0.182. The number of pyridine rings is 2. The van der Waals surface area contributed by atoms with E-state index in [1.165, 1.54) is 19.2 Å². The molecule has 1 aromatic carbocycles. The summed E-state index contributed by atoms with van der Waals surface area (Å²) in [6, 6.07) is 8.23. The van der Waals surface area contributed by atoms with Crippen LogP contribution in [-0.2, 0) is 12.8 Å². The van der Waals surface area contributed by atoms with Crippen LogP contribution in [0.15, 0.2) is 42.7 Å². The minimum atomic E-state index is -0.560. The summed E-state index contributed by atoms with van der Waals surface area (Å²) >= 11 is 0. The first kappa shape index (κ1) is 18.1. The van der Waals surface area contributed by atoms with Gasteiger partial charge in [-0.2, -0.15) is 4.39 Å². The van der Waals surface area contributed by atoms with Crippen molar-refractivity contribution < 1.29 is 13.5 Å². The minimum Gasteiger partial charge on any atom is -0.497 e. The zero-order chi connectivity index (χ0) is 19.7. The zero-order valence-electron chi connectivity index (χ0n) is 15.5. The highest BCUT2D eigenvalue weighted by Gasteiger charge is 2.12. The number of aryl methyl sites for hydroxylation is 1. The highest BCUT2D eigenvalue weighted by Crippen LogP contribution is 2.23. The van der Waals surface area contributed by atoms with Crippen molar-refractivity contribution in [2.45, 2.75) is 19.8 Å². The Kier molecular flexibility index (Phi) is 4.77. The quantitative estimate of drug-likeness (QED) is 0.519. The number of halogens is 2. The van der Waals surface area contributed by atoms with Gasteiger partial charge in [0, 0.05) is 35.8 Å². The van der Waals surface area contributed by atoms with Gasteiger partial charge in [0.15, 0.2) is 0 Å². The molecule has 0 saturated heterocycles. The number of rotatable bonds is 5. The molecule has 141 valence electrons. The number of nitrogens with zero attached hydrogens (tertiary/aromatic N) is 2. The highest BCUT2D eigenvalue weighted by molar-refractivity contribution is 5.80. The molecule has 0 amide bonds. The Bertz CT molecular complexity index is 1150. The van der Waals surface area contributed by atoms with Crippen LogP contribution in [0.2, 0.25) is 0 Å². The van der Waals surface area contributed by atoms with Gasteiger partial charge >= 0.3 is 0 Å². The van der Waals surface area contributed by atoms with Crippen LogP contribution < -0.4 is 4.74 Å². The van der Waals surface area contributed by atoms with Crippen molar-refractivity contribution in [3.8, 4) is 5.75 Å². The lowest BCUT2D eigenvalue weighted by Gasteiger charge is -2.08. The third-order valence-electron chi connectivity index (χ3n) is 4.61. The van der Waals surface area contributed by atoms with Crippen LogP contribution in [0.25, 0.3) is 11.0 Å². The van der Waals surface area contributed by atoms with Gasteiger partial charge < -0.3 is 9.72 Å². The third-order valence-corrected chi connectivity index (χ3v) is 4.61. The van der Waals surface area contributed by atoms with E-state index in [-0.39, 0.29) is 5.82 Å². The number of ether oxygens (including phenoxy) is 1. The molecule has 0 unspecified atom stereocenters. The number of H-pyrrole nitrogens is 1. The Balaban J connectivity index is 1.64. The van der Waals surface area contributed by atoms with Crippen LogP contribution in [-0.4, -0.2) is 22.1 Å². The number of benzene rings is 1. The van der Waals surface area contributed by atoms with Gasteiger partial charge in [0.05, 0.1) is 13.3 Å². The maximum absolute atomic E-state index is 14.3. The molecule has 0 aliphatic rings. The third kappa shape index (κ3) is 3.71. The average Bonchev–Trinajstić information content (AvgIpc) is 3.06. The maximum atomic E-state index is 14.3. The molecule has 0 saturated carbocycles. The fourth-order valence-electron chi connectivity index (χ4n) is 3.28. The molecule has 0 aliphatic carbocycles. The molecule has 0 bridgehead atoms. The van der Waals surface area contributed by atoms with Crippen LogP contribution >= 0.6 is 0 Å². The molecule has 3 heterocycles. The van der Waals surface area contributed by atoms with E-state index in [4.69, 9.17) is 4.74 Å². The number of hydrogen-bond donors (Lipinski definition) is 1. The number of aromatic nitrogens is 3. The van der Waals surface area contributed by atoms with Crippen molar-refractivity contribution >= 4 is 11.0 Å². The van der Waals surface area contributed by atoms with Crippen LogP contribution in [0.1, 0.15) is 27.8 Å². The van der Waals surface area contributed by atoms with E-state index in [9.17, 15) is 8.78 Å². The summed E-state index contributed by atoms with van der Waals surface area (Å²) in [5.74, 6) is -0.506. The molecule has 0 aliphatic heterocycles. The molecular formula is C22H18F2N3O. The molecule has 0 atom stereocenters. The summed E-state index contributed by atoms with van der Waals surface area (Å²) in [7, 11) is 1.49. The second kappa shape index (κ2) is 7.38. The van der Waals surface area contributed by atoms with E-state index < -0.39 is 5.95 Å². The average molecular weight is 378 g/mol.